The maximum Gasteiger partial charge on any atom is 0.246 e. The highest BCUT2D eigenvalue weighted by atomic mass is 35.5. The Morgan fingerprint density at radius 1 is 1.16 bits per heavy atom. The predicted molar refractivity (Wildman–Crippen MR) is 94.0 cm³/mol. The van der Waals surface area contributed by atoms with Crippen molar-refractivity contribution < 1.29 is 19.0 Å². The number of hydrogen-bond donors (Lipinski definition) is 2. The molecule has 1 aliphatic heterocycles. The van der Waals surface area contributed by atoms with Crippen molar-refractivity contribution >= 4 is 12.4 Å². The Labute approximate surface area is 152 Å². The number of fused-ring (bicyclic) bond motifs is 1. The van der Waals surface area contributed by atoms with Crippen molar-refractivity contribution in [1.82, 2.24) is 10.2 Å². The van der Waals surface area contributed by atoms with Crippen molar-refractivity contribution in [1.29, 1.82) is 0 Å². The predicted octanol–water partition coefficient (Wildman–Crippen LogP) is 2.56. The SMILES string of the molecule is CC(C)[C@H](N)C(O)c1nnc(C(C)(C)c2ccc3c(c2)OCO3)o1.Cl. The monoisotopic (exact) mass is 369 g/mol. The number of nitrogens with two attached hydrogens (primary N) is 1. The van der Waals surface area contributed by atoms with Crippen LogP contribution in [-0.2, 0) is 5.41 Å². The highest BCUT2D eigenvalue weighted by molar-refractivity contribution is 5.85. The second-order valence-corrected chi connectivity index (χ2v) is 6.90. The molecule has 0 radical (unpaired) electrons. The van der Waals surface area contributed by atoms with Crippen LogP contribution in [0.3, 0.4) is 0 Å². The molecule has 0 spiro atoms. The summed E-state index contributed by atoms with van der Waals surface area (Å²) < 4.78 is 16.5. The number of nitrogens with zero attached hydrogens (tertiary/aromatic N) is 2. The number of rotatable bonds is 5. The Balaban J connectivity index is 0.00000225. The van der Waals surface area contributed by atoms with E-state index in [1.807, 2.05) is 45.9 Å². The molecule has 1 aromatic heterocycles. The average molecular weight is 370 g/mol. The van der Waals surface area contributed by atoms with Crippen LogP contribution in [0, 0.1) is 5.92 Å². The zero-order valence-electron chi connectivity index (χ0n) is 14.7. The lowest BCUT2D eigenvalue weighted by atomic mass is 9.84. The molecule has 0 saturated carbocycles. The molecule has 0 fully saturated rings. The molecule has 3 rings (SSSR count). The number of aliphatic hydroxyl groups excluding tert-OH is 1. The molecule has 2 atom stereocenters. The summed E-state index contributed by atoms with van der Waals surface area (Å²) in [5.74, 6) is 2.06. The Morgan fingerprint density at radius 3 is 2.52 bits per heavy atom. The zero-order chi connectivity index (χ0) is 17.5. The fraction of sp³-hybridized carbons (Fsp3) is 0.529. The minimum Gasteiger partial charge on any atom is -0.454 e. The molecular formula is C17H24ClN3O4. The molecule has 0 bridgehead atoms. The molecule has 0 saturated heterocycles. The van der Waals surface area contributed by atoms with Gasteiger partial charge in [0.25, 0.3) is 0 Å². The van der Waals surface area contributed by atoms with E-state index in [-0.39, 0.29) is 31.0 Å². The van der Waals surface area contributed by atoms with Gasteiger partial charge in [-0.15, -0.1) is 22.6 Å². The van der Waals surface area contributed by atoms with Crippen LogP contribution in [0.25, 0.3) is 0 Å². The second kappa shape index (κ2) is 7.19. The van der Waals surface area contributed by atoms with Crippen LogP contribution in [-0.4, -0.2) is 28.1 Å². The summed E-state index contributed by atoms with van der Waals surface area (Å²) in [5, 5.41) is 18.4. The van der Waals surface area contributed by atoms with Crippen molar-refractivity contribution in [2.75, 3.05) is 6.79 Å². The fourth-order valence-corrected chi connectivity index (χ4v) is 2.54. The number of ether oxygens (including phenoxy) is 2. The molecule has 1 aromatic carbocycles. The lowest BCUT2D eigenvalue weighted by Crippen LogP contribution is -2.33. The molecule has 8 heteroatoms. The smallest absolute Gasteiger partial charge is 0.246 e. The van der Waals surface area contributed by atoms with Crippen LogP contribution in [0.4, 0.5) is 0 Å². The van der Waals surface area contributed by atoms with Crippen molar-refractivity contribution in [3.05, 3.63) is 35.5 Å². The second-order valence-electron chi connectivity index (χ2n) is 6.90. The standard InChI is InChI=1S/C17H23N3O4.ClH/c1-9(2)13(18)14(21)15-19-20-16(24-15)17(3,4)10-5-6-11-12(7-10)23-8-22-11;/h5-7,9,13-14,21H,8,18H2,1-4H3;1H/t13-,14?;/m0./s1. The van der Waals surface area contributed by atoms with Gasteiger partial charge in [0.05, 0.1) is 5.41 Å². The van der Waals surface area contributed by atoms with Gasteiger partial charge in [-0.2, -0.15) is 0 Å². The van der Waals surface area contributed by atoms with Gasteiger partial charge in [0, 0.05) is 6.04 Å². The molecule has 25 heavy (non-hydrogen) atoms. The van der Waals surface area contributed by atoms with E-state index in [1.165, 1.54) is 0 Å². The summed E-state index contributed by atoms with van der Waals surface area (Å²) >= 11 is 0. The summed E-state index contributed by atoms with van der Waals surface area (Å²) in [4.78, 5) is 0. The third-order valence-electron chi connectivity index (χ3n) is 4.46. The lowest BCUT2D eigenvalue weighted by Gasteiger charge is -2.22. The molecule has 1 unspecified atom stereocenters. The fourth-order valence-electron chi connectivity index (χ4n) is 2.54. The van der Waals surface area contributed by atoms with Gasteiger partial charge in [-0.25, -0.2) is 0 Å². The Kier molecular flexibility index (Phi) is 5.61. The summed E-state index contributed by atoms with van der Waals surface area (Å²) in [5.41, 5.74) is 6.38. The zero-order valence-corrected chi connectivity index (χ0v) is 15.5. The minimum absolute atomic E-state index is 0. The summed E-state index contributed by atoms with van der Waals surface area (Å²) in [6.07, 6.45) is -0.987. The Morgan fingerprint density at radius 2 is 1.84 bits per heavy atom. The molecule has 7 nitrogen and oxygen atoms in total. The van der Waals surface area contributed by atoms with Crippen LogP contribution < -0.4 is 15.2 Å². The molecule has 0 amide bonds. The van der Waals surface area contributed by atoms with Crippen molar-refractivity contribution in [3.8, 4) is 11.5 Å². The largest absolute Gasteiger partial charge is 0.454 e. The number of aromatic nitrogens is 2. The van der Waals surface area contributed by atoms with E-state index in [0.717, 1.165) is 11.3 Å². The van der Waals surface area contributed by atoms with Gasteiger partial charge < -0.3 is 24.7 Å². The normalized spacial score (nSPS) is 15.8. The Bertz CT molecular complexity index is 732. The van der Waals surface area contributed by atoms with Gasteiger partial charge in [0.1, 0.15) is 6.10 Å². The molecule has 1 aliphatic rings. The number of aliphatic hydroxyl groups is 1. The molecular weight excluding hydrogens is 346 g/mol. The highest BCUT2D eigenvalue weighted by Crippen LogP contribution is 2.39. The van der Waals surface area contributed by atoms with E-state index in [2.05, 4.69) is 10.2 Å². The third-order valence-corrected chi connectivity index (χ3v) is 4.46. The van der Waals surface area contributed by atoms with Gasteiger partial charge >= 0.3 is 0 Å². The van der Waals surface area contributed by atoms with E-state index in [1.54, 1.807) is 0 Å². The summed E-state index contributed by atoms with van der Waals surface area (Å²) in [6, 6.07) is 5.24. The quantitative estimate of drug-likeness (QED) is 0.834. The maximum absolute atomic E-state index is 10.3. The van der Waals surface area contributed by atoms with E-state index in [4.69, 9.17) is 19.6 Å². The number of benzene rings is 1. The highest BCUT2D eigenvalue weighted by Gasteiger charge is 2.33. The summed E-state index contributed by atoms with van der Waals surface area (Å²) in [7, 11) is 0. The van der Waals surface area contributed by atoms with Crippen molar-refractivity contribution in [3.63, 3.8) is 0 Å². The number of hydrogen-bond acceptors (Lipinski definition) is 7. The first-order valence-electron chi connectivity index (χ1n) is 7.98. The molecule has 0 aliphatic carbocycles. The first-order valence-corrected chi connectivity index (χ1v) is 7.98. The van der Waals surface area contributed by atoms with Crippen LogP contribution in [0.5, 0.6) is 11.5 Å². The van der Waals surface area contributed by atoms with Gasteiger partial charge in [0.15, 0.2) is 11.5 Å². The molecule has 2 aromatic rings. The summed E-state index contributed by atoms with van der Waals surface area (Å²) in [6.45, 7) is 8.03. The lowest BCUT2D eigenvalue weighted by molar-refractivity contribution is 0.0948. The van der Waals surface area contributed by atoms with Crippen LogP contribution in [0.2, 0.25) is 0 Å². The van der Waals surface area contributed by atoms with E-state index in [9.17, 15) is 5.11 Å². The Hall–Kier alpha value is -1.83. The van der Waals surface area contributed by atoms with Crippen molar-refractivity contribution in [2.45, 2.75) is 45.3 Å². The first-order chi connectivity index (χ1) is 11.3. The molecule has 2 heterocycles. The first kappa shape index (κ1) is 19.5. The molecule has 138 valence electrons. The molecule has 3 N–H and O–H groups in total. The topological polar surface area (TPSA) is 104 Å². The number of halogens is 1. The third kappa shape index (κ3) is 3.58. The van der Waals surface area contributed by atoms with E-state index < -0.39 is 17.6 Å². The van der Waals surface area contributed by atoms with Crippen LogP contribution in [0.1, 0.15) is 51.1 Å². The van der Waals surface area contributed by atoms with Crippen LogP contribution >= 0.6 is 12.4 Å². The van der Waals surface area contributed by atoms with Crippen LogP contribution in [0.15, 0.2) is 22.6 Å². The van der Waals surface area contributed by atoms with Gasteiger partial charge in [-0.3, -0.25) is 0 Å². The van der Waals surface area contributed by atoms with E-state index >= 15 is 0 Å². The van der Waals surface area contributed by atoms with Crippen molar-refractivity contribution in [2.24, 2.45) is 11.7 Å². The minimum atomic E-state index is -0.987. The van der Waals surface area contributed by atoms with E-state index in [0.29, 0.717) is 11.6 Å². The van der Waals surface area contributed by atoms with Gasteiger partial charge in [-0.05, 0) is 37.5 Å². The van der Waals surface area contributed by atoms with Gasteiger partial charge in [0.2, 0.25) is 18.6 Å². The van der Waals surface area contributed by atoms with Gasteiger partial charge in [-0.1, -0.05) is 19.9 Å². The average Bonchev–Trinajstić information content (AvgIpc) is 3.21. The maximum atomic E-state index is 10.3.